The minimum atomic E-state index is -0.264. The van der Waals surface area contributed by atoms with Crippen LogP contribution in [0.1, 0.15) is 21.5 Å². The molecule has 42 heavy (non-hydrogen) atoms. The second-order valence-corrected chi connectivity index (χ2v) is 10.3. The predicted molar refractivity (Wildman–Crippen MR) is 169 cm³/mol. The Morgan fingerprint density at radius 1 is 0.905 bits per heavy atom. The van der Waals surface area contributed by atoms with Gasteiger partial charge in [-0.3, -0.25) is 9.59 Å². The summed E-state index contributed by atoms with van der Waals surface area (Å²) in [4.78, 5) is 39.6. The Balaban J connectivity index is 1.26. The number of rotatable bonds is 9. The van der Waals surface area contributed by atoms with Crippen LogP contribution in [0.5, 0.6) is 0 Å². The van der Waals surface area contributed by atoms with Gasteiger partial charge in [0.2, 0.25) is 11.9 Å². The summed E-state index contributed by atoms with van der Waals surface area (Å²) in [7, 11) is 3.86. The van der Waals surface area contributed by atoms with Gasteiger partial charge in [0.25, 0.3) is 5.91 Å². The van der Waals surface area contributed by atoms with Crippen LogP contribution in [0.4, 0.5) is 23.0 Å². The molecule has 0 fully saturated rings. The fraction of sp³-hybridized carbons (Fsp3) is 0.152. The first-order valence-corrected chi connectivity index (χ1v) is 13.6. The lowest BCUT2D eigenvalue weighted by atomic mass is 10.0. The normalized spacial score (nSPS) is 11.3. The van der Waals surface area contributed by atoms with Gasteiger partial charge < -0.3 is 25.8 Å². The second-order valence-electron chi connectivity index (χ2n) is 10.3. The Morgan fingerprint density at radius 3 is 2.45 bits per heavy atom. The van der Waals surface area contributed by atoms with Crippen LogP contribution in [-0.2, 0) is 4.79 Å². The van der Waals surface area contributed by atoms with Gasteiger partial charge in [0.15, 0.2) is 0 Å². The Hall–Kier alpha value is -5.28. The molecule has 0 unspecified atom stereocenters. The molecule has 0 atom stereocenters. The van der Waals surface area contributed by atoms with E-state index in [2.05, 4.69) is 45.0 Å². The van der Waals surface area contributed by atoms with E-state index in [9.17, 15) is 9.59 Å². The van der Waals surface area contributed by atoms with E-state index in [4.69, 9.17) is 4.98 Å². The number of benzene rings is 3. The first kappa shape index (κ1) is 28.3. The van der Waals surface area contributed by atoms with E-state index in [0.29, 0.717) is 29.4 Å². The molecule has 2 aromatic heterocycles. The Kier molecular flexibility index (Phi) is 8.40. The third-order valence-corrected chi connectivity index (χ3v) is 6.67. The monoisotopic (exact) mass is 559 g/mol. The molecule has 3 aromatic carbocycles. The first-order valence-electron chi connectivity index (χ1n) is 13.6. The molecule has 9 nitrogen and oxygen atoms in total. The number of amides is 2. The molecule has 0 saturated heterocycles. The number of aromatic nitrogens is 3. The molecule has 4 N–H and O–H groups in total. The second kappa shape index (κ2) is 12.5. The number of carbonyl (C=O) groups excluding carboxylic acids is 2. The van der Waals surface area contributed by atoms with E-state index in [-0.39, 0.29) is 11.8 Å². The highest BCUT2D eigenvalue weighted by atomic mass is 16.2. The van der Waals surface area contributed by atoms with Crippen molar-refractivity contribution in [3.8, 4) is 11.3 Å². The molecule has 2 heterocycles. The summed E-state index contributed by atoms with van der Waals surface area (Å²) in [5, 5.41) is 10.1. The highest BCUT2D eigenvalue weighted by Crippen LogP contribution is 2.32. The number of nitrogens with zero attached hydrogens (tertiary/aromatic N) is 3. The van der Waals surface area contributed by atoms with Gasteiger partial charge in [-0.25, -0.2) is 9.97 Å². The zero-order valence-electron chi connectivity index (χ0n) is 24.0. The van der Waals surface area contributed by atoms with Crippen molar-refractivity contribution in [1.82, 2.24) is 19.9 Å². The number of fused-ring (bicyclic) bond motifs is 1. The zero-order chi connectivity index (χ0) is 29.6. The van der Waals surface area contributed by atoms with Crippen molar-refractivity contribution < 1.29 is 9.59 Å². The number of aromatic amines is 1. The van der Waals surface area contributed by atoms with Crippen LogP contribution in [0.3, 0.4) is 0 Å². The summed E-state index contributed by atoms with van der Waals surface area (Å²) >= 11 is 0. The van der Waals surface area contributed by atoms with Crippen LogP contribution in [-0.4, -0.2) is 52.3 Å². The minimum absolute atomic E-state index is 0.223. The summed E-state index contributed by atoms with van der Waals surface area (Å²) in [5.41, 5.74) is 7.51. The van der Waals surface area contributed by atoms with Crippen molar-refractivity contribution >= 4 is 45.7 Å². The van der Waals surface area contributed by atoms with Crippen molar-refractivity contribution in [3.63, 3.8) is 0 Å². The maximum Gasteiger partial charge on any atom is 0.255 e. The van der Waals surface area contributed by atoms with Crippen molar-refractivity contribution in [2.75, 3.05) is 36.6 Å². The van der Waals surface area contributed by atoms with Crippen LogP contribution >= 0.6 is 0 Å². The first-order chi connectivity index (χ1) is 20.3. The molecule has 2 amide bonds. The van der Waals surface area contributed by atoms with Gasteiger partial charge in [-0.15, -0.1) is 0 Å². The number of carbonyl (C=O) groups is 2. The van der Waals surface area contributed by atoms with Crippen molar-refractivity contribution in [2.24, 2.45) is 0 Å². The lowest BCUT2D eigenvalue weighted by molar-refractivity contribution is -0.111. The number of hydrogen-bond acceptors (Lipinski definition) is 6. The van der Waals surface area contributed by atoms with E-state index in [0.717, 1.165) is 33.4 Å². The minimum Gasteiger partial charge on any atom is -0.360 e. The lowest BCUT2D eigenvalue weighted by Crippen LogP contribution is -2.13. The molecule has 0 bridgehead atoms. The molecular formula is C33H33N7O2. The molecule has 0 radical (unpaired) electrons. The smallest absolute Gasteiger partial charge is 0.255 e. The number of hydrogen-bond donors (Lipinski definition) is 4. The Labute approximate surface area is 244 Å². The van der Waals surface area contributed by atoms with Crippen LogP contribution in [0.2, 0.25) is 0 Å². The fourth-order valence-electron chi connectivity index (χ4n) is 4.60. The quantitative estimate of drug-likeness (QED) is 0.158. The summed E-state index contributed by atoms with van der Waals surface area (Å²) in [5.74, 6) is -0.0321. The molecule has 0 saturated carbocycles. The van der Waals surface area contributed by atoms with Gasteiger partial charge in [0, 0.05) is 64.1 Å². The fourth-order valence-corrected chi connectivity index (χ4v) is 4.60. The highest BCUT2D eigenvalue weighted by Gasteiger charge is 2.14. The van der Waals surface area contributed by atoms with Gasteiger partial charge in [-0.2, -0.15) is 0 Å². The van der Waals surface area contributed by atoms with Crippen molar-refractivity contribution in [1.29, 1.82) is 0 Å². The molecule has 0 aliphatic rings. The molecule has 0 spiro atoms. The van der Waals surface area contributed by atoms with Gasteiger partial charge in [0.05, 0.1) is 5.69 Å². The molecule has 9 heteroatoms. The van der Waals surface area contributed by atoms with Gasteiger partial charge in [-0.1, -0.05) is 24.3 Å². The molecule has 5 rings (SSSR count). The third-order valence-electron chi connectivity index (χ3n) is 6.67. The number of aryl methyl sites for hydroxylation is 2. The number of nitrogens with one attached hydrogen (secondary N) is 4. The molecular weight excluding hydrogens is 526 g/mol. The number of likely N-dealkylation sites (N-methyl/N-ethyl adjacent to an activating group) is 1. The van der Waals surface area contributed by atoms with Crippen molar-refractivity contribution in [3.05, 3.63) is 108 Å². The van der Waals surface area contributed by atoms with Crippen LogP contribution in [0, 0.1) is 13.8 Å². The molecule has 0 aliphatic carbocycles. The van der Waals surface area contributed by atoms with E-state index in [1.165, 1.54) is 11.6 Å². The van der Waals surface area contributed by atoms with E-state index < -0.39 is 0 Å². The summed E-state index contributed by atoms with van der Waals surface area (Å²) in [6.45, 7) is 4.76. The third kappa shape index (κ3) is 6.71. The predicted octanol–water partition coefficient (Wildman–Crippen LogP) is 6.29. The van der Waals surface area contributed by atoms with Crippen LogP contribution in [0.15, 0.2) is 91.3 Å². The Morgan fingerprint density at radius 2 is 1.67 bits per heavy atom. The van der Waals surface area contributed by atoms with E-state index >= 15 is 0 Å². The van der Waals surface area contributed by atoms with E-state index in [1.54, 1.807) is 36.5 Å². The average molecular weight is 560 g/mol. The largest absolute Gasteiger partial charge is 0.360 e. The topological polar surface area (TPSA) is 115 Å². The maximum absolute atomic E-state index is 12.9. The van der Waals surface area contributed by atoms with E-state index in [1.807, 2.05) is 62.4 Å². The van der Waals surface area contributed by atoms with Gasteiger partial charge in [0.1, 0.15) is 0 Å². The SMILES string of the molecule is Cc1cnc(Nc2cccc(NC(=O)c3ccc(NC(=O)/C=C/CN(C)C)cc3)c2)nc1-c1c[nH]c2cccc(C)c12. The molecule has 0 aliphatic heterocycles. The van der Waals surface area contributed by atoms with Gasteiger partial charge >= 0.3 is 0 Å². The highest BCUT2D eigenvalue weighted by molar-refractivity contribution is 6.05. The van der Waals surface area contributed by atoms with Crippen molar-refractivity contribution in [2.45, 2.75) is 13.8 Å². The average Bonchev–Trinajstić information content (AvgIpc) is 3.40. The zero-order valence-corrected chi connectivity index (χ0v) is 24.0. The number of anilines is 4. The summed E-state index contributed by atoms with van der Waals surface area (Å²) < 4.78 is 0. The van der Waals surface area contributed by atoms with Crippen LogP contribution < -0.4 is 16.0 Å². The van der Waals surface area contributed by atoms with Crippen LogP contribution in [0.25, 0.3) is 22.2 Å². The number of H-pyrrole nitrogens is 1. The summed E-state index contributed by atoms with van der Waals surface area (Å²) in [6.07, 6.45) is 7.07. The lowest BCUT2D eigenvalue weighted by Gasteiger charge is -2.11. The standard InChI is InChI=1S/C33H33N7O2/c1-21-8-5-11-28-30(21)27(20-34-28)31-22(2)19-35-33(39-31)38-26-10-6-9-25(18-26)37-32(42)23-13-15-24(16-14-23)36-29(41)12-7-17-40(3)4/h5-16,18-20,34H,17H2,1-4H3,(H,36,41)(H,37,42)(H,35,38,39)/b12-7+. The summed E-state index contributed by atoms with van der Waals surface area (Å²) in [6, 6.07) is 20.3. The van der Waals surface area contributed by atoms with Gasteiger partial charge in [-0.05, 0) is 87.6 Å². The molecule has 5 aromatic rings. The maximum atomic E-state index is 12.9. The molecule has 212 valence electrons. The Bertz CT molecular complexity index is 1770.